The lowest BCUT2D eigenvalue weighted by Gasteiger charge is -2.22. The molecule has 20 heavy (non-hydrogen) atoms. The summed E-state index contributed by atoms with van der Waals surface area (Å²) in [7, 11) is 0. The lowest BCUT2D eigenvalue weighted by Crippen LogP contribution is -2.25. The van der Waals surface area contributed by atoms with Crippen molar-refractivity contribution in [3.05, 3.63) is 29.8 Å². The van der Waals surface area contributed by atoms with Gasteiger partial charge in [-0.3, -0.25) is 5.32 Å². The van der Waals surface area contributed by atoms with Crippen molar-refractivity contribution in [1.82, 2.24) is 0 Å². The zero-order valence-electron chi connectivity index (χ0n) is 10.9. The van der Waals surface area contributed by atoms with E-state index in [1.807, 2.05) is 0 Å². The lowest BCUT2D eigenvalue weighted by molar-refractivity contribution is -0.136. The van der Waals surface area contributed by atoms with Crippen molar-refractivity contribution >= 4 is 11.8 Å². The number of hydrogen-bond donors (Lipinski definition) is 1. The maximum Gasteiger partial charge on any atom is 0.418 e. The Morgan fingerprint density at radius 1 is 1.15 bits per heavy atom. The number of ether oxygens (including phenoxy) is 1. The van der Waals surface area contributed by atoms with Crippen molar-refractivity contribution in [1.29, 1.82) is 0 Å². The van der Waals surface area contributed by atoms with Crippen molar-refractivity contribution in [3.8, 4) is 0 Å². The van der Waals surface area contributed by atoms with E-state index < -0.39 is 17.8 Å². The molecular weight excluding hydrogens is 271 g/mol. The molecule has 110 valence electrons. The van der Waals surface area contributed by atoms with Crippen LogP contribution in [0.4, 0.5) is 23.7 Å². The van der Waals surface area contributed by atoms with Crippen molar-refractivity contribution in [2.24, 2.45) is 0 Å². The first kappa shape index (κ1) is 14.7. The zero-order chi connectivity index (χ0) is 14.6. The number of benzene rings is 1. The fraction of sp³-hybridized carbons (Fsp3) is 0.500. The molecular formula is C14H16F3NO2. The number of hydrogen-bond acceptors (Lipinski definition) is 2. The van der Waals surface area contributed by atoms with Crippen LogP contribution in [-0.2, 0) is 10.9 Å². The van der Waals surface area contributed by atoms with Crippen LogP contribution in [0.5, 0.6) is 0 Å². The van der Waals surface area contributed by atoms with E-state index in [9.17, 15) is 18.0 Å². The van der Waals surface area contributed by atoms with Crippen LogP contribution in [0, 0.1) is 0 Å². The molecule has 1 aliphatic rings. The second-order valence-corrected chi connectivity index (χ2v) is 4.83. The first-order chi connectivity index (χ1) is 9.47. The van der Waals surface area contributed by atoms with Gasteiger partial charge in [0.2, 0.25) is 0 Å². The molecule has 0 heterocycles. The maximum absolute atomic E-state index is 12.8. The van der Waals surface area contributed by atoms with Crippen LogP contribution in [0.2, 0.25) is 0 Å². The summed E-state index contributed by atoms with van der Waals surface area (Å²) in [4.78, 5) is 11.7. The predicted octanol–water partition coefficient (Wildman–Crippen LogP) is 4.59. The molecule has 0 atom stereocenters. The average molecular weight is 287 g/mol. The van der Waals surface area contributed by atoms with Crippen molar-refractivity contribution in [3.63, 3.8) is 0 Å². The summed E-state index contributed by atoms with van der Waals surface area (Å²) in [5.41, 5.74) is -1.15. The smallest absolute Gasteiger partial charge is 0.418 e. The van der Waals surface area contributed by atoms with Gasteiger partial charge in [-0.1, -0.05) is 18.6 Å². The van der Waals surface area contributed by atoms with E-state index in [1.165, 1.54) is 18.2 Å². The molecule has 0 aromatic heterocycles. The number of rotatable bonds is 2. The average Bonchev–Trinajstić information content (AvgIpc) is 2.39. The number of alkyl halides is 3. The minimum absolute atomic E-state index is 0.193. The van der Waals surface area contributed by atoms with Gasteiger partial charge in [0.15, 0.2) is 0 Å². The van der Waals surface area contributed by atoms with Gasteiger partial charge in [0, 0.05) is 0 Å². The number of carbonyl (C=O) groups is 1. The zero-order valence-corrected chi connectivity index (χ0v) is 10.9. The highest BCUT2D eigenvalue weighted by atomic mass is 19.4. The van der Waals surface area contributed by atoms with E-state index in [-0.39, 0.29) is 11.8 Å². The summed E-state index contributed by atoms with van der Waals surface area (Å²) in [5, 5.41) is 2.18. The van der Waals surface area contributed by atoms with Crippen molar-refractivity contribution in [2.75, 3.05) is 5.32 Å². The quantitative estimate of drug-likeness (QED) is 0.864. The summed E-state index contributed by atoms with van der Waals surface area (Å²) in [5.74, 6) is 0. The molecule has 3 nitrogen and oxygen atoms in total. The molecule has 1 amide bonds. The molecule has 1 aromatic carbocycles. The van der Waals surface area contributed by atoms with Crippen LogP contribution < -0.4 is 5.32 Å². The molecule has 1 aromatic rings. The summed E-state index contributed by atoms with van der Waals surface area (Å²) < 4.78 is 43.4. The Bertz CT molecular complexity index is 468. The predicted molar refractivity (Wildman–Crippen MR) is 68.4 cm³/mol. The number of nitrogens with one attached hydrogen (secondary N) is 1. The Morgan fingerprint density at radius 3 is 2.45 bits per heavy atom. The second-order valence-electron chi connectivity index (χ2n) is 4.83. The van der Waals surface area contributed by atoms with E-state index in [1.54, 1.807) is 0 Å². The van der Waals surface area contributed by atoms with Gasteiger partial charge < -0.3 is 4.74 Å². The molecule has 0 spiro atoms. The third-order valence-corrected chi connectivity index (χ3v) is 3.30. The van der Waals surface area contributed by atoms with Gasteiger partial charge in [-0.25, -0.2) is 4.79 Å². The van der Waals surface area contributed by atoms with Crippen molar-refractivity contribution < 1.29 is 22.7 Å². The third-order valence-electron chi connectivity index (χ3n) is 3.30. The number of anilines is 1. The lowest BCUT2D eigenvalue weighted by atomic mass is 9.98. The highest BCUT2D eigenvalue weighted by molar-refractivity contribution is 5.85. The van der Waals surface area contributed by atoms with Crippen LogP contribution in [0.25, 0.3) is 0 Å². The Kier molecular flexibility index (Phi) is 4.52. The summed E-state index contributed by atoms with van der Waals surface area (Å²) in [6.07, 6.45) is -0.903. The molecule has 1 aliphatic carbocycles. The molecule has 1 fully saturated rings. The number of carbonyl (C=O) groups excluding carboxylic acids is 1. The minimum atomic E-state index is -4.51. The molecule has 0 unspecified atom stereocenters. The van der Waals surface area contributed by atoms with E-state index in [2.05, 4.69) is 5.32 Å². The Balaban J connectivity index is 2.00. The van der Waals surface area contributed by atoms with E-state index >= 15 is 0 Å². The van der Waals surface area contributed by atoms with Crippen LogP contribution in [0.15, 0.2) is 24.3 Å². The van der Waals surface area contributed by atoms with Gasteiger partial charge in [0.1, 0.15) is 6.10 Å². The molecule has 0 radical (unpaired) electrons. The topological polar surface area (TPSA) is 38.3 Å². The molecule has 0 bridgehead atoms. The normalized spacial score (nSPS) is 16.8. The fourth-order valence-corrected chi connectivity index (χ4v) is 2.31. The Labute approximate surface area is 115 Å². The van der Waals surface area contributed by atoms with E-state index in [0.717, 1.165) is 38.2 Å². The van der Waals surface area contributed by atoms with Crippen LogP contribution in [0.3, 0.4) is 0 Å². The monoisotopic (exact) mass is 287 g/mol. The van der Waals surface area contributed by atoms with Crippen LogP contribution in [0.1, 0.15) is 37.7 Å². The fourth-order valence-electron chi connectivity index (χ4n) is 2.31. The minimum Gasteiger partial charge on any atom is -0.446 e. The first-order valence-electron chi connectivity index (χ1n) is 6.60. The molecule has 1 saturated carbocycles. The van der Waals surface area contributed by atoms with Gasteiger partial charge >= 0.3 is 12.3 Å². The molecule has 0 saturated heterocycles. The van der Waals surface area contributed by atoms with E-state index in [0.29, 0.717) is 0 Å². The van der Waals surface area contributed by atoms with Crippen LogP contribution in [-0.4, -0.2) is 12.2 Å². The van der Waals surface area contributed by atoms with Gasteiger partial charge in [-0.05, 0) is 37.8 Å². The number of halogens is 3. The van der Waals surface area contributed by atoms with Gasteiger partial charge in [-0.15, -0.1) is 0 Å². The van der Waals surface area contributed by atoms with E-state index in [4.69, 9.17) is 4.74 Å². The molecule has 6 heteroatoms. The molecule has 1 N–H and O–H groups in total. The molecule has 2 rings (SSSR count). The highest BCUT2D eigenvalue weighted by Crippen LogP contribution is 2.34. The summed E-state index contributed by atoms with van der Waals surface area (Å²) in [6.45, 7) is 0. The van der Waals surface area contributed by atoms with Gasteiger partial charge in [-0.2, -0.15) is 13.2 Å². The number of para-hydroxylation sites is 1. The van der Waals surface area contributed by atoms with Gasteiger partial charge in [0.05, 0.1) is 11.3 Å². The SMILES string of the molecule is O=C(Nc1ccccc1C(F)(F)F)OC1CCCCC1. The Hall–Kier alpha value is -1.72. The van der Waals surface area contributed by atoms with Crippen LogP contribution >= 0.6 is 0 Å². The second kappa shape index (κ2) is 6.15. The molecule has 0 aliphatic heterocycles. The van der Waals surface area contributed by atoms with Crippen molar-refractivity contribution in [2.45, 2.75) is 44.4 Å². The standard InChI is InChI=1S/C14H16F3NO2/c15-14(16,17)11-8-4-5-9-12(11)18-13(19)20-10-6-2-1-3-7-10/h4-5,8-10H,1-3,6-7H2,(H,18,19). The first-order valence-corrected chi connectivity index (χ1v) is 6.60. The third kappa shape index (κ3) is 3.88. The maximum atomic E-state index is 12.8. The summed E-state index contributed by atoms with van der Waals surface area (Å²) in [6, 6.07) is 4.85. The highest BCUT2D eigenvalue weighted by Gasteiger charge is 2.33. The Morgan fingerprint density at radius 2 is 1.80 bits per heavy atom. The number of amides is 1. The summed E-state index contributed by atoms with van der Waals surface area (Å²) >= 11 is 0. The largest absolute Gasteiger partial charge is 0.446 e. The van der Waals surface area contributed by atoms with Gasteiger partial charge in [0.25, 0.3) is 0 Å².